The maximum Gasteiger partial charge on any atom is 0.197 e. The summed E-state index contributed by atoms with van der Waals surface area (Å²) in [5.74, 6) is 0.822. The predicted molar refractivity (Wildman–Crippen MR) is 116 cm³/mol. The average molecular weight is 374 g/mol. The summed E-state index contributed by atoms with van der Waals surface area (Å²) in [5.41, 5.74) is 5.27. The van der Waals surface area contributed by atoms with Crippen LogP contribution in [0.2, 0.25) is 0 Å². The molecule has 1 aromatic heterocycles. The Kier molecular flexibility index (Phi) is 7.83. The van der Waals surface area contributed by atoms with Crippen LogP contribution in [0.4, 0.5) is 0 Å². The second-order valence-electron chi connectivity index (χ2n) is 6.39. The van der Waals surface area contributed by atoms with Crippen LogP contribution in [-0.2, 0) is 12.8 Å². The SMILES string of the molecule is CC.CCCOc1cc2c(c3c(=O)c(/C(C)=C/SC)c[nH]c13)CCCC2. The van der Waals surface area contributed by atoms with E-state index in [0.29, 0.717) is 6.61 Å². The Bertz CT molecular complexity index is 836. The lowest BCUT2D eigenvalue weighted by Crippen LogP contribution is -2.15. The fourth-order valence-electron chi connectivity index (χ4n) is 3.48. The largest absolute Gasteiger partial charge is 0.491 e. The average Bonchev–Trinajstić information content (AvgIpc) is 2.67. The molecule has 142 valence electrons. The van der Waals surface area contributed by atoms with Gasteiger partial charge in [0.2, 0.25) is 0 Å². The maximum absolute atomic E-state index is 13.2. The van der Waals surface area contributed by atoms with Gasteiger partial charge in [0.05, 0.1) is 17.5 Å². The van der Waals surface area contributed by atoms with Gasteiger partial charge in [-0.05, 0) is 73.5 Å². The molecule has 1 aromatic carbocycles. The van der Waals surface area contributed by atoms with Crippen LogP contribution in [0.15, 0.2) is 22.5 Å². The molecule has 1 aliphatic rings. The normalized spacial score (nSPS) is 13.8. The third-order valence-corrected chi connectivity index (χ3v) is 5.22. The van der Waals surface area contributed by atoms with Crippen LogP contribution in [-0.4, -0.2) is 17.8 Å². The molecule has 4 heteroatoms. The standard InChI is InChI=1S/C20H25NO2S.C2H6/c1-4-9-23-17-10-14-7-5-6-8-15(14)18-19(17)21-11-16(20(18)22)13(2)12-24-3;1-2/h10-12H,4-9H2,1-3H3,(H,21,22);1-2H3/b13-12+;. The van der Waals surface area contributed by atoms with Gasteiger partial charge >= 0.3 is 0 Å². The number of allylic oxidation sites excluding steroid dienone is 1. The number of H-pyrrole nitrogens is 1. The van der Waals surface area contributed by atoms with Crippen molar-refractivity contribution in [1.82, 2.24) is 4.98 Å². The van der Waals surface area contributed by atoms with E-state index in [1.165, 1.54) is 17.5 Å². The molecule has 1 heterocycles. The van der Waals surface area contributed by atoms with E-state index in [1.807, 2.05) is 38.6 Å². The summed E-state index contributed by atoms with van der Waals surface area (Å²) in [6.07, 6.45) is 9.17. The topological polar surface area (TPSA) is 42.1 Å². The molecule has 3 nitrogen and oxygen atoms in total. The first kappa shape index (κ1) is 20.6. The first-order valence-electron chi connectivity index (χ1n) is 9.70. The molecular weight excluding hydrogens is 342 g/mol. The number of hydrogen-bond acceptors (Lipinski definition) is 3. The van der Waals surface area contributed by atoms with Crippen molar-refractivity contribution in [1.29, 1.82) is 0 Å². The molecule has 1 N–H and O–H groups in total. The van der Waals surface area contributed by atoms with Crippen LogP contribution in [0.25, 0.3) is 16.5 Å². The van der Waals surface area contributed by atoms with E-state index in [4.69, 9.17) is 4.74 Å². The third-order valence-electron chi connectivity index (χ3n) is 4.63. The highest BCUT2D eigenvalue weighted by molar-refractivity contribution is 8.01. The van der Waals surface area contributed by atoms with Crippen LogP contribution in [0.5, 0.6) is 5.75 Å². The van der Waals surface area contributed by atoms with E-state index in [9.17, 15) is 4.79 Å². The number of benzene rings is 1. The van der Waals surface area contributed by atoms with Crippen molar-refractivity contribution in [2.45, 2.75) is 59.8 Å². The summed E-state index contributed by atoms with van der Waals surface area (Å²) < 4.78 is 5.95. The van der Waals surface area contributed by atoms with Crippen molar-refractivity contribution in [2.75, 3.05) is 12.9 Å². The smallest absolute Gasteiger partial charge is 0.197 e. The molecule has 0 saturated heterocycles. The summed E-state index contributed by atoms with van der Waals surface area (Å²) in [7, 11) is 0. The molecule has 26 heavy (non-hydrogen) atoms. The monoisotopic (exact) mass is 373 g/mol. The van der Waals surface area contributed by atoms with Gasteiger partial charge in [-0.25, -0.2) is 0 Å². The zero-order chi connectivity index (χ0) is 19.1. The van der Waals surface area contributed by atoms with Crippen molar-refractivity contribution < 1.29 is 4.74 Å². The van der Waals surface area contributed by atoms with Gasteiger partial charge in [-0.3, -0.25) is 4.79 Å². The van der Waals surface area contributed by atoms with Gasteiger partial charge < -0.3 is 9.72 Å². The molecule has 0 aliphatic heterocycles. The van der Waals surface area contributed by atoms with Crippen molar-refractivity contribution >= 4 is 28.2 Å². The molecule has 1 aliphatic carbocycles. The number of thioether (sulfide) groups is 1. The van der Waals surface area contributed by atoms with Gasteiger partial charge in [0, 0.05) is 11.8 Å². The van der Waals surface area contributed by atoms with Crippen molar-refractivity contribution in [2.24, 2.45) is 0 Å². The van der Waals surface area contributed by atoms with Crippen LogP contribution in [0, 0.1) is 0 Å². The first-order valence-corrected chi connectivity index (χ1v) is 11.0. The molecule has 0 fully saturated rings. The highest BCUT2D eigenvalue weighted by atomic mass is 32.2. The minimum Gasteiger partial charge on any atom is -0.491 e. The van der Waals surface area contributed by atoms with Gasteiger partial charge in [0.15, 0.2) is 5.43 Å². The number of aryl methyl sites for hydroxylation is 2. The molecule has 2 aromatic rings. The number of nitrogens with one attached hydrogen (secondary N) is 1. The van der Waals surface area contributed by atoms with E-state index in [-0.39, 0.29) is 5.43 Å². The van der Waals surface area contributed by atoms with E-state index < -0.39 is 0 Å². The van der Waals surface area contributed by atoms with E-state index >= 15 is 0 Å². The first-order chi connectivity index (χ1) is 12.7. The van der Waals surface area contributed by atoms with E-state index in [1.54, 1.807) is 11.8 Å². The van der Waals surface area contributed by atoms with Gasteiger partial charge in [0.25, 0.3) is 0 Å². The third kappa shape index (κ3) is 4.17. The Hall–Kier alpha value is -1.68. The lowest BCUT2D eigenvalue weighted by Gasteiger charge is -2.20. The molecule has 3 rings (SSSR count). The van der Waals surface area contributed by atoms with Crippen LogP contribution in [0.1, 0.15) is 63.6 Å². The second kappa shape index (κ2) is 9.86. The Morgan fingerprint density at radius 3 is 2.73 bits per heavy atom. The lowest BCUT2D eigenvalue weighted by molar-refractivity contribution is 0.320. The maximum atomic E-state index is 13.2. The zero-order valence-corrected chi connectivity index (χ0v) is 17.5. The molecule has 0 spiro atoms. The van der Waals surface area contributed by atoms with Gasteiger partial charge in [-0.15, -0.1) is 11.8 Å². The van der Waals surface area contributed by atoms with Gasteiger partial charge in [0.1, 0.15) is 5.75 Å². The number of aromatic amines is 1. The van der Waals surface area contributed by atoms with Crippen LogP contribution in [0.3, 0.4) is 0 Å². The van der Waals surface area contributed by atoms with E-state index in [0.717, 1.165) is 53.5 Å². The summed E-state index contributed by atoms with van der Waals surface area (Å²) in [6.45, 7) is 8.76. The summed E-state index contributed by atoms with van der Waals surface area (Å²) in [4.78, 5) is 16.6. The minimum atomic E-state index is 0.131. The molecule has 0 atom stereocenters. The van der Waals surface area contributed by atoms with Crippen molar-refractivity contribution in [3.63, 3.8) is 0 Å². The number of rotatable bonds is 5. The Morgan fingerprint density at radius 2 is 2.04 bits per heavy atom. The second-order valence-corrected chi connectivity index (χ2v) is 7.09. The summed E-state index contributed by atoms with van der Waals surface area (Å²) in [6, 6.07) is 2.15. The summed E-state index contributed by atoms with van der Waals surface area (Å²) >= 11 is 1.62. The van der Waals surface area contributed by atoms with Crippen molar-refractivity contribution in [3.05, 3.63) is 44.6 Å². The molecule has 0 unspecified atom stereocenters. The fourth-order valence-corrected chi connectivity index (χ4v) is 3.96. The van der Waals surface area contributed by atoms with Crippen LogP contribution < -0.4 is 10.2 Å². The number of ether oxygens (including phenoxy) is 1. The number of aromatic nitrogens is 1. The zero-order valence-electron chi connectivity index (χ0n) is 16.7. The van der Waals surface area contributed by atoms with E-state index in [2.05, 4.69) is 18.0 Å². The highest BCUT2D eigenvalue weighted by Crippen LogP contribution is 2.33. The minimum absolute atomic E-state index is 0.131. The molecule has 0 saturated carbocycles. The summed E-state index contributed by atoms with van der Waals surface area (Å²) in [5, 5.41) is 2.87. The molecule has 0 amide bonds. The predicted octanol–water partition coefficient (Wildman–Crippen LogP) is 5.95. The molecular formula is C22H31NO2S. The number of hydrogen-bond donors (Lipinski definition) is 1. The quantitative estimate of drug-likeness (QED) is 0.704. The number of pyridine rings is 1. The highest BCUT2D eigenvalue weighted by Gasteiger charge is 2.20. The van der Waals surface area contributed by atoms with Gasteiger partial charge in [-0.2, -0.15) is 0 Å². The number of fused-ring (bicyclic) bond motifs is 3. The lowest BCUT2D eigenvalue weighted by atomic mass is 9.87. The van der Waals surface area contributed by atoms with Crippen LogP contribution >= 0.6 is 11.8 Å². The Labute approximate surface area is 161 Å². The van der Waals surface area contributed by atoms with Crippen molar-refractivity contribution in [3.8, 4) is 5.75 Å². The Balaban J connectivity index is 0.00000117. The molecule has 0 radical (unpaired) electrons. The molecule has 0 bridgehead atoms. The fraction of sp³-hybridized carbons (Fsp3) is 0.500. The van der Waals surface area contributed by atoms with Gasteiger partial charge in [-0.1, -0.05) is 20.8 Å². The Morgan fingerprint density at radius 1 is 1.31 bits per heavy atom.